The van der Waals surface area contributed by atoms with Crippen molar-refractivity contribution in [2.24, 2.45) is 0 Å². The van der Waals surface area contributed by atoms with Crippen LogP contribution < -0.4 is 15.4 Å². The zero-order valence-corrected chi connectivity index (χ0v) is 18.7. The van der Waals surface area contributed by atoms with E-state index in [1.54, 1.807) is 61.7 Å². The van der Waals surface area contributed by atoms with E-state index >= 15 is 0 Å². The van der Waals surface area contributed by atoms with Gasteiger partial charge in [-0.25, -0.2) is 4.68 Å². The lowest BCUT2D eigenvalue weighted by molar-refractivity contribution is -0.128. The normalized spacial score (nSPS) is 13.1. The summed E-state index contributed by atoms with van der Waals surface area (Å²) in [6, 6.07) is 6.82. The number of carbonyl (C=O) groups excluding carboxylic acids is 2. The van der Waals surface area contributed by atoms with E-state index < -0.39 is 5.60 Å². The molecule has 1 aromatic heterocycles. The number of thioether (sulfide) groups is 1. The van der Waals surface area contributed by atoms with Crippen molar-refractivity contribution in [2.45, 2.75) is 37.5 Å². The molecule has 0 fully saturated rings. The highest BCUT2D eigenvalue weighted by atomic mass is 35.5. The Hall–Kier alpha value is -2.23. The summed E-state index contributed by atoms with van der Waals surface area (Å²) in [5.74, 6) is 2.02. The maximum absolute atomic E-state index is 13.0. The summed E-state index contributed by atoms with van der Waals surface area (Å²) in [7, 11) is 1.57. The topological polar surface area (TPSA) is 94.5 Å². The summed E-state index contributed by atoms with van der Waals surface area (Å²) < 4.78 is 12.4. The van der Waals surface area contributed by atoms with Crippen LogP contribution in [0.4, 0.5) is 5.82 Å². The highest BCUT2D eigenvalue weighted by Gasteiger charge is 2.33. The number of methoxy groups -OCH3 is 1. The molecule has 0 unspecified atom stereocenters. The van der Waals surface area contributed by atoms with Crippen molar-refractivity contribution in [3.63, 3.8) is 0 Å². The van der Waals surface area contributed by atoms with Crippen molar-refractivity contribution in [1.82, 2.24) is 15.1 Å². The molecule has 0 aliphatic carbocycles. The third-order valence-corrected chi connectivity index (χ3v) is 5.73. The second-order valence-corrected chi connectivity index (χ2v) is 8.71. The zero-order chi connectivity index (χ0) is 21.7. The van der Waals surface area contributed by atoms with Crippen molar-refractivity contribution in [3.05, 3.63) is 40.5 Å². The molecule has 162 valence electrons. The van der Waals surface area contributed by atoms with Crippen LogP contribution in [0.3, 0.4) is 0 Å². The van der Waals surface area contributed by atoms with Crippen LogP contribution in [-0.4, -0.2) is 47.5 Å². The molecule has 1 aliphatic heterocycles. The summed E-state index contributed by atoms with van der Waals surface area (Å²) >= 11 is 7.63. The van der Waals surface area contributed by atoms with Crippen LogP contribution in [0.1, 0.15) is 25.1 Å². The van der Waals surface area contributed by atoms with Crippen LogP contribution in [0.25, 0.3) is 0 Å². The Morgan fingerprint density at radius 2 is 2.00 bits per heavy atom. The number of halogens is 1. The van der Waals surface area contributed by atoms with Crippen molar-refractivity contribution in [2.75, 3.05) is 25.6 Å². The van der Waals surface area contributed by atoms with Crippen LogP contribution in [0.15, 0.2) is 24.3 Å². The molecule has 2 heterocycles. The van der Waals surface area contributed by atoms with Gasteiger partial charge in [-0.2, -0.15) is 16.9 Å². The number of nitrogens with zero attached hydrogens (tertiary/aromatic N) is 2. The van der Waals surface area contributed by atoms with Gasteiger partial charge in [0.15, 0.2) is 5.60 Å². The molecule has 2 aromatic rings. The van der Waals surface area contributed by atoms with E-state index in [0.29, 0.717) is 29.7 Å². The molecule has 0 saturated heterocycles. The van der Waals surface area contributed by atoms with Crippen molar-refractivity contribution >= 4 is 41.0 Å². The predicted molar refractivity (Wildman–Crippen MR) is 117 cm³/mol. The van der Waals surface area contributed by atoms with Gasteiger partial charge in [-0.05, 0) is 38.1 Å². The fourth-order valence-corrected chi connectivity index (χ4v) is 4.07. The van der Waals surface area contributed by atoms with E-state index in [1.807, 2.05) is 0 Å². The molecule has 0 atom stereocenters. The first-order valence-corrected chi connectivity index (χ1v) is 11.0. The summed E-state index contributed by atoms with van der Waals surface area (Å²) in [5, 5.41) is 10.8. The number of nitrogens with one attached hydrogen (secondary N) is 2. The monoisotopic (exact) mass is 452 g/mol. The van der Waals surface area contributed by atoms with Gasteiger partial charge in [-0.15, -0.1) is 0 Å². The third kappa shape index (κ3) is 5.47. The average Bonchev–Trinajstić information content (AvgIpc) is 3.26. The number of hydrogen-bond acceptors (Lipinski definition) is 6. The molecule has 0 radical (unpaired) electrons. The number of anilines is 1. The Morgan fingerprint density at radius 3 is 2.70 bits per heavy atom. The van der Waals surface area contributed by atoms with Crippen molar-refractivity contribution in [3.8, 4) is 5.75 Å². The van der Waals surface area contributed by atoms with Gasteiger partial charge in [-0.1, -0.05) is 11.6 Å². The number of aromatic nitrogens is 2. The highest BCUT2D eigenvalue weighted by Crippen LogP contribution is 2.35. The Balaban J connectivity index is 1.73. The van der Waals surface area contributed by atoms with E-state index in [9.17, 15) is 9.59 Å². The molecule has 0 saturated carbocycles. The number of carbonyl (C=O) groups is 2. The Labute approximate surface area is 184 Å². The average molecular weight is 453 g/mol. The van der Waals surface area contributed by atoms with Crippen LogP contribution >= 0.6 is 23.4 Å². The summed E-state index contributed by atoms with van der Waals surface area (Å²) in [6.45, 7) is 4.22. The molecule has 0 bridgehead atoms. The SMILES string of the molecule is COCCNC(=O)Cn1nc2c(c1NC(=O)C(C)(C)Oc1ccc(Cl)cc1)CSC2. The second-order valence-electron chi connectivity index (χ2n) is 7.29. The number of rotatable bonds is 9. The van der Waals surface area contributed by atoms with E-state index in [0.717, 1.165) is 22.8 Å². The van der Waals surface area contributed by atoms with Gasteiger partial charge in [0, 0.05) is 35.7 Å². The van der Waals surface area contributed by atoms with Gasteiger partial charge < -0.3 is 20.1 Å². The number of hydrogen-bond donors (Lipinski definition) is 2. The molecule has 1 aromatic carbocycles. The summed E-state index contributed by atoms with van der Waals surface area (Å²) in [6.07, 6.45) is 0. The minimum absolute atomic E-state index is 0.00939. The summed E-state index contributed by atoms with van der Waals surface area (Å²) in [4.78, 5) is 25.3. The third-order valence-electron chi connectivity index (χ3n) is 4.51. The van der Waals surface area contributed by atoms with E-state index in [4.69, 9.17) is 21.1 Å². The Morgan fingerprint density at radius 1 is 1.27 bits per heavy atom. The lowest BCUT2D eigenvalue weighted by atomic mass is 10.1. The van der Waals surface area contributed by atoms with Gasteiger partial charge in [0.2, 0.25) is 5.91 Å². The first-order chi connectivity index (χ1) is 14.3. The minimum atomic E-state index is -1.15. The smallest absolute Gasteiger partial charge is 0.269 e. The molecule has 3 rings (SSSR count). The predicted octanol–water partition coefficient (Wildman–Crippen LogP) is 2.84. The van der Waals surface area contributed by atoms with E-state index in [1.165, 1.54) is 0 Å². The van der Waals surface area contributed by atoms with Gasteiger partial charge in [0.05, 0.1) is 12.3 Å². The van der Waals surface area contributed by atoms with Gasteiger partial charge in [0.1, 0.15) is 18.1 Å². The maximum atomic E-state index is 13.0. The molecule has 30 heavy (non-hydrogen) atoms. The van der Waals surface area contributed by atoms with Gasteiger partial charge in [-0.3, -0.25) is 9.59 Å². The maximum Gasteiger partial charge on any atom is 0.269 e. The second kappa shape index (κ2) is 9.72. The first-order valence-electron chi connectivity index (χ1n) is 9.48. The van der Waals surface area contributed by atoms with E-state index in [-0.39, 0.29) is 18.4 Å². The van der Waals surface area contributed by atoms with Crippen molar-refractivity contribution < 1.29 is 19.1 Å². The van der Waals surface area contributed by atoms with Gasteiger partial charge in [0.25, 0.3) is 5.91 Å². The molecule has 8 nitrogen and oxygen atoms in total. The largest absolute Gasteiger partial charge is 0.478 e. The number of amides is 2. The van der Waals surface area contributed by atoms with Crippen LogP contribution in [0.2, 0.25) is 5.02 Å². The highest BCUT2D eigenvalue weighted by molar-refractivity contribution is 7.98. The molecule has 10 heteroatoms. The van der Waals surface area contributed by atoms with Crippen molar-refractivity contribution in [1.29, 1.82) is 0 Å². The molecular formula is C20H25ClN4O4S. The van der Waals surface area contributed by atoms with Crippen LogP contribution in [0.5, 0.6) is 5.75 Å². The fraction of sp³-hybridized carbons (Fsp3) is 0.450. The van der Waals surface area contributed by atoms with Crippen LogP contribution in [-0.2, 0) is 32.4 Å². The number of ether oxygens (including phenoxy) is 2. The van der Waals surface area contributed by atoms with Gasteiger partial charge >= 0.3 is 0 Å². The van der Waals surface area contributed by atoms with E-state index in [2.05, 4.69) is 15.7 Å². The summed E-state index contributed by atoms with van der Waals surface area (Å²) in [5.41, 5.74) is 0.680. The van der Waals surface area contributed by atoms with Crippen LogP contribution in [0, 0.1) is 0 Å². The molecule has 0 spiro atoms. The number of benzene rings is 1. The molecule has 2 amide bonds. The fourth-order valence-electron chi connectivity index (χ4n) is 2.91. The minimum Gasteiger partial charge on any atom is -0.478 e. The Kier molecular flexibility index (Phi) is 7.27. The first kappa shape index (κ1) is 22.5. The lowest BCUT2D eigenvalue weighted by Crippen LogP contribution is -2.43. The molecular weight excluding hydrogens is 428 g/mol. The lowest BCUT2D eigenvalue weighted by Gasteiger charge is -2.25. The Bertz CT molecular complexity index is 914. The quantitative estimate of drug-likeness (QED) is 0.568. The standard InChI is InChI=1S/C20H25ClN4O4S/c1-20(2,29-14-6-4-13(21)5-7-14)19(27)23-18-15-11-30-12-16(15)24-25(18)10-17(26)22-8-9-28-3/h4-7H,8-12H2,1-3H3,(H,22,26)(H,23,27). The molecule has 2 N–H and O–H groups in total. The zero-order valence-electron chi connectivity index (χ0n) is 17.2. The molecule has 1 aliphatic rings. The number of fused-ring (bicyclic) bond motifs is 1.